The number of piperidine rings is 1. The highest BCUT2D eigenvalue weighted by Gasteiger charge is 2.33. The topological polar surface area (TPSA) is 93.0 Å². The first-order valence-electron chi connectivity index (χ1n) is 12.1. The number of ether oxygens (including phenoxy) is 1. The van der Waals surface area contributed by atoms with Gasteiger partial charge in [-0.1, -0.05) is 51.3 Å². The molecule has 0 N–H and O–H groups in total. The van der Waals surface area contributed by atoms with Gasteiger partial charge in [0.2, 0.25) is 10.0 Å². The van der Waals surface area contributed by atoms with Gasteiger partial charge in [-0.05, 0) is 61.4 Å². The van der Waals surface area contributed by atoms with Crippen LogP contribution in [0.3, 0.4) is 0 Å². The van der Waals surface area contributed by atoms with Gasteiger partial charge < -0.3 is 14.1 Å². The molecule has 0 radical (unpaired) electrons. The van der Waals surface area contributed by atoms with E-state index in [4.69, 9.17) is 27.9 Å². The third kappa shape index (κ3) is 6.48. The molecule has 0 amide bonds. The van der Waals surface area contributed by atoms with Crippen molar-refractivity contribution in [2.45, 2.75) is 30.4 Å². The van der Waals surface area contributed by atoms with Crippen LogP contribution in [0, 0.1) is 0 Å². The van der Waals surface area contributed by atoms with E-state index in [1.165, 1.54) is 28.8 Å². The maximum atomic E-state index is 13.0. The van der Waals surface area contributed by atoms with E-state index in [2.05, 4.69) is 42.4 Å². The van der Waals surface area contributed by atoms with Crippen LogP contribution in [-0.4, -0.2) is 43.6 Å². The zero-order valence-electron chi connectivity index (χ0n) is 20.6. The molecular formula is C27H24BrCl2N3O5S. The van der Waals surface area contributed by atoms with E-state index >= 15 is 0 Å². The Labute approximate surface area is 244 Å². The second-order valence-corrected chi connectivity index (χ2v) is 12.9. The summed E-state index contributed by atoms with van der Waals surface area (Å²) in [7, 11) is -3.62. The SMILES string of the molecule is O=S(=O)(c1cc(Cl)cc(Cl)c1)N1CCC(N2COCc3cc(Br)ccc32)CC1.O=c1nc2ccccc2co1. The van der Waals surface area contributed by atoms with E-state index in [1.54, 1.807) is 6.07 Å². The number of aromatic nitrogens is 1. The minimum absolute atomic E-state index is 0.139. The second kappa shape index (κ2) is 12.0. The molecule has 1 aromatic heterocycles. The van der Waals surface area contributed by atoms with Crippen molar-refractivity contribution in [3.8, 4) is 0 Å². The van der Waals surface area contributed by atoms with Crippen molar-refractivity contribution >= 4 is 65.7 Å². The van der Waals surface area contributed by atoms with Crippen molar-refractivity contribution in [3.63, 3.8) is 0 Å². The highest BCUT2D eigenvalue weighted by molar-refractivity contribution is 9.10. The summed E-state index contributed by atoms with van der Waals surface area (Å²) in [6.45, 7) is 2.00. The van der Waals surface area contributed by atoms with Gasteiger partial charge in [0, 0.05) is 50.3 Å². The average molecular weight is 653 g/mol. The third-order valence-electron chi connectivity index (χ3n) is 6.61. The number of hydrogen-bond donors (Lipinski definition) is 0. The van der Waals surface area contributed by atoms with Gasteiger partial charge in [0.25, 0.3) is 0 Å². The Morgan fingerprint density at radius 3 is 2.44 bits per heavy atom. The lowest BCUT2D eigenvalue weighted by molar-refractivity contribution is 0.0987. The smallest absolute Gasteiger partial charge is 0.416 e. The number of hydrogen-bond acceptors (Lipinski definition) is 7. The molecule has 0 bridgehead atoms. The van der Waals surface area contributed by atoms with E-state index in [9.17, 15) is 13.2 Å². The molecule has 39 heavy (non-hydrogen) atoms. The quantitative estimate of drug-likeness (QED) is 0.264. The Morgan fingerprint density at radius 2 is 1.69 bits per heavy atom. The summed E-state index contributed by atoms with van der Waals surface area (Å²) in [4.78, 5) is 16.6. The van der Waals surface area contributed by atoms with E-state index < -0.39 is 15.8 Å². The molecule has 0 unspecified atom stereocenters. The molecule has 3 heterocycles. The van der Waals surface area contributed by atoms with Crippen LogP contribution in [-0.2, 0) is 21.4 Å². The molecule has 0 aliphatic carbocycles. The van der Waals surface area contributed by atoms with E-state index in [1.807, 2.05) is 24.3 Å². The fraction of sp³-hybridized carbons (Fsp3) is 0.259. The van der Waals surface area contributed by atoms with E-state index in [0.717, 1.165) is 34.0 Å². The number of fused-ring (bicyclic) bond motifs is 2. The summed E-state index contributed by atoms with van der Waals surface area (Å²) >= 11 is 15.5. The molecule has 0 spiro atoms. The molecular weight excluding hydrogens is 629 g/mol. The van der Waals surface area contributed by atoms with Crippen molar-refractivity contribution in [2.24, 2.45) is 0 Å². The van der Waals surface area contributed by atoms with Gasteiger partial charge in [-0.3, -0.25) is 0 Å². The summed E-state index contributed by atoms with van der Waals surface area (Å²) in [5, 5.41) is 1.47. The summed E-state index contributed by atoms with van der Waals surface area (Å²) in [6, 6.07) is 18.2. The van der Waals surface area contributed by atoms with Crippen molar-refractivity contribution in [1.82, 2.24) is 9.29 Å². The lowest BCUT2D eigenvalue weighted by Crippen LogP contribution is -2.48. The predicted molar refractivity (Wildman–Crippen MR) is 155 cm³/mol. The molecule has 0 saturated carbocycles. The molecule has 1 saturated heterocycles. The molecule has 1 fully saturated rings. The van der Waals surface area contributed by atoms with E-state index in [-0.39, 0.29) is 10.9 Å². The van der Waals surface area contributed by atoms with Crippen molar-refractivity contribution in [1.29, 1.82) is 0 Å². The van der Waals surface area contributed by atoms with Gasteiger partial charge in [-0.25, -0.2) is 13.2 Å². The van der Waals surface area contributed by atoms with Crippen LogP contribution >= 0.6 is 39.1 Å². The van der Waals surface area contributed by atoms with Gasteiger partial charge >= 0.3 is 5.76 Å². The maximum Gasteiger partial charge on any atom is 0.439 e. The summed E-state index contributed by atoms with van der Waals surface area (Å²) in [5.41, 5.74) is 2.98. The molecule has 2 aliphatic rings. The lowest BCUT2D eigenvalue weighted by Gasteiger charge is -2.41. The number of benzene rings is 3. The Morgan fingerprint density at radius 1 is 0.974 bits per heavy atom. The monoisotopic (exact) mass is 651 g/mol. The number of nitrogens with zero attached hydrogens (tertiary/aromatic N) is 3. The third-order valence-corrected chi connectivity index (χ3v) is 9.42. The minimum Gasteiger partial charge on any atom is -0.416 e. The number of sulfonamides is 1. The zero-order chi connectivity index (χ0) is 27.6. The van der Waals surface area contributed by atoms with Crippen LogP contribution in [0.2, 0.25) is 10.0 Å². The standard InChI is InChI=1S/C19H19BrCl2N2O3S.C8H5NO2/c20-14-1-2-19-13(7-14)11-27-12-24(19)17-3-5-23(6-4-17)28(25,26)18-9-15(21)8-16(22)10-18;10-8-9-7-4-2-1-3-6(7)5-11-8/h1-2,7-10,17H,3-6,11-12H2;1-5H. The van der Waals surface area contributed by atoms with Crippen molar-refractivity contribution in [2.75, 3.05) is 24.7 Å². The van der Waals surface area contributed by atoms with Gasteiger partial charge in [0.05, 0.1) is 17.0 Å². The fourth-order valence-electron chi connectivity index (χ4n) is 4.72. The van der Waals surface area contributed by atoms with Crippen LogP contribution in [0.25, 0.3) is 10.9 Å². The average Bonchev–Trinajstić information content (AvgIpc) is 2.92. The maximum absolute atomic E-state index is 13.0. The molecule has 0 atom stereocenters. The van der Waals surface area contributed by atoms with E-state index in [0.29, 0.717) is 42.0 Å². The Hall–Kier alpha value is -2.47. The zero-order valence-corrected chi connectivity index (χ0v) is 24.5. The molecule has 204 valence electrons. The fourth-order valence-corrected chi connectivity index (χ4v) is 7.33. The Kier molecular flexibility index (Phi) is 8.60. The first kappa shape index (κ1) is 28.1. The molecule has 6 rings (SSSR count). The number of rotatable bonds is 3. The van der Waals surface area contributed by atoms with Gasteiger partial charge in [0.1, 0.15) is 13.0 Å². The molecule has 2 aliphatic heterocycles. The largest absolute Gasteiger partial charge is 0.439 e. The first-order chi connectivity index (χ1) is 18.7. The number of anilines is 1. The molecule has 4 aromatic rings. The predicted octanol–water partition coefficient (Wildman–Crippen LogP) is 6.09. The van der Waals surface area contributed by atoms with Crippen LogP contribution in [0.1, 0.15) is 18.4 Å². The van der Waals surface area contributed by atoms with Crippen molar-refractivity contribution < 1.29 is 17.6 Å². The highest BCUT2D eigenvalue weighted by atomic mass is 79.9. The van der Waals surface area contributed by atoms with Gasteiger partial charge in [-0.2, -0.15) is 9.29 Å². The highest BCUT2D eigenvalue weighted by Crippen LogP contribution is 2.34. The normalized spacial score (nSPS) is 16.4. The van der Waals surface area contributed by atoms with Crippen LogP contribution in [0.5, 0.6) is 0 Å². The van der Waals surface area contributed by atoms with Crippen LogP contribution < -0.4 is 10.7 Å². The first-order valence-corrected chi connectivity index (χ1v) is 15.1. The molecule has 12 heteroatoms. The Balaban J connectivity index is 0.000000233. The number of para-hydroxylation sites is 1. The summed E-state index contributed by atoms with van der Waals surface area (Å²) < 4.78 is 38.8. The summed E-state index contributed by atoms with van der Waals surface area (Å²) in [5.74, 6) is -0.552. The van der Waals surface area contributed by atoms with Crippen LogP contribution in [0.15, 0.2) is 85.5 Å². The number of halogens is 3. The van der Waals surface area contributed by atoms with Gasteiger partial charge in [-0.15, -0.1) is 0 Å². The Bertz CT molecular complexity index is 1640. The molecule has 3 aromatic carbocycles. The second-order valence-electron chi connectivity index (χ2n) is 9.13. The summed E-state index contributed by atoms with van der Waals surface area (Å²) in [6.07, 6.45) is 2.86. The lowest BCUT2D eigenvalue weighted by atomic mass is 10.0. The van der Waals surface area contributed by atoms with Crippen molar-refractivity contribution in [3.05, 3.63) is 97.6 Å². The van der Waals surface area contributed by atoms with Gasteiger partial charge in [0.15, 0.2) is 0 Å². The minimum atomic E-state index is -3.62. The van der Waals surface area contributed by atoms with Crippen LogP contribution in [0.4, 0.5) is 5.69 Å². The molecule has 8 nitrogen and oxygen atoms in total.